The van der Waals surface area contributed by atoms with Crippen LogP contribution in [0.15, 0.2) is 60.7 Å². The summed E-state index contributed by atoms with van der Waals surface area (Å²) in [4.78, 5) is 30.5. The molecule has 0 aliphatic carbocycles. The van der Waals surface area contributed by atoms with Gasteiger partial charge in [-0.3, -0.25) is 9.59 Å². The molecule has 0 saturated heterocycles. The van der Waals surface area contributed by atoms with Crippen LogP contribution in [-0.2, 0) is 6.42 Å². The smallest absolute Gasteiger partial charge is 0.262 e. The summed E-state index contributed by atoms with van der Waals surface area (Å²) >= 11 is 6.29. The summed E-state index contributed by atoms with van der Waals surface area (Å²) in [7, 11) is 5.63. The van der Waals surface area contributed by atoms with Crippen LogP contribution in [0.2, 0.25) is 5.02 Å². The molecule has 0 fully saturated rings. The number of ether oxygens (including phenoxy) is 1. The number of methoxy groups -OCH3 is 1. The highest BCUT2D eigenvalue weighted by Gasteiger charge is 2.29. The molecular weight excluding hydrogens is 462 g/mol. The molecule has 0 aromatic heterocycles. The predicted octanol–water partition coefficient (Wildman–Crippen LogP) is 5.43. The van der Waals surface area contributed by atoms with Gasteiger partial charge in [0.2, 0.25) is 0 Å². The molecule has 0 spiro atoms. The number of hydrogen-bond donors (Lipinski definition) is 1. The minimum Gasteiger partial charge on any atom is -0.496 e. The van der Waals surface area contributed by atoms with Crippen molar-refractivity contribution in [2.24, 2.45) is 0 Å². The molecule has 1 heterocycles. The van der Waals surface area contributed by atoms with Gasteiger partial charge in [-0.1, -0.05) is 29.8 Å². The van der Waals surface area contributed by atoms with Crippen molar-refractivity contribution < 1.29 is 14.3 Å². The number of aryl methyl sites for hydroxylation is 1. The summed E-state index contributed by atoms with van der Waals surface area (Å²) in [6.07, 6.45) is 1.64. The lowest BCUT2D eigenvalue weighted by atomic mass is 10.0. The lowest BCUT2D eigenvalue weighted by Crippen LogP contribution is -2.35. The average molecular weight is 492 g/mol. The zero-order valence-corrected chi connectivity index (χ0v) is 21.2. The number of halogens is 1. The molecule has 182 valence electrons. The molecule has 1 N–H and O–H groups in total. The van der Waals surface area contributed by atoms with E-state index in [1.54, 1.807) is 29.2 Å². The largest absolute Gasteiger partial charge is 0.496 e. The number of fused-ring (bicyclic) bond motifs is 1. The molecule has 1 aliphatic rings. The number of rotatable bonds is 5. The number of amides is 2. The van der Waals surface area contributed by atoms with Crippen molar-refractivity contribution in [3.63, 3.8) is 0 Å². The van der Waals surface area contributed by atoms with Gasteiger partial charge in [0.15, 0.2) is 0 Å². The normalized spacial score (nSPS) is 15.4. The molecule has 1 atom stereocenters. The number of carbonyl (C=O) groups is 2. The van der Waals surface area contributed by atoms with E-state index in [2.05, 4.69) is 24.3 Å². The highest BCUT2D eigenvalue weighted by atomic mass is 35.5. The first-order valence-corrected chi connectivity index (χ1v) is 12.0. The predicted molar refractivity (Wildman–Crippen MR) is 141 cm³/mol. The summed E-state index contributed by atoms with van der Waals surface area (Å²) in [5.41, 5.74) is 4.39. The Morgan fingerprint density at radius 3 is 2.54 bits per heavy atom. The Hall–Kier alpha value is -3.35. The van der Waals surface area contributed by atoms with E-state index in [-0.39, 0.29) is 11.8 Å². The fraction of sp³-hybridized carbons (Fsp3) is 0.286. The Morgan fingerprint density at radius 1 is 1.06 bits per heavy atom. The second kappa shape index (κ2) is 10.5. The molecule has 1 unspecified atom stereocenters. The highest BCUT2D eigenvalue weighted by Crippen LogP contribution is 2.33. The van der Waals surface area contributed by atoms with Crippen molar-refractivity contribution >= 4 is 34.8 Å². The first-order chi connectivity index (χ1) is 16.8. The Kier molecular flexibility index (Phi) is 7.43. The summed E-state index contributed by atoms with van der Waals surface area (Å²) in [5.74, 6) is 0.0420. The summed E-state index contributed by atoms with van der Waals surface area (Å²) in [6, 6.07) is 18.5. The second-order valence-electron chi connectivity index (χ2n) is 9.02. The van der Waals surface area contributed by atoms with E-state index in [4.69, 9.17) is 16.3 Å². The van der Waals surface area contributed by atoms with Crippen LogP contribution in [0, 0.1) is 6.92 Å². The second-order valence-corrected chi connectivity index (χ2v) is 9.46. The quantitative estimate of drug-likeness (QED) is 0.516. The molecule has 3 aromatic carbocycles. The van der Waals surface area contributed by atoms with Crippen molar-refractivity contribution in [2.45, 2.75) is 25.8 Å². The third kappa shape index (κ3) is 5.34. The molecule has 0 saturated carbocycles. The van der Waals surface area contributed by atoms with Crippen LogP contribution in [0.3, 0.4) is 0 Å². The zero-order chi connectivity index (χ0) is 25.1. The number of carbonyl (C=O) groups excluding carboxylic acids is 2. The monoisotopic (exact) mass is 491 g/mol. The van der Waals surface area contributed by atoms with Gasteiger partial charge in [-0.25, -0.2) is 0 Å². The van der Waals surface area contributed by atoms with Crippen molar-refractivity contribution in [3.05, 3.63) is 87.9 Å². The van der Waals surface area contributed by atoms with Crippen LogP contribution in [0.5, 0.6) is 5.75 Å². The van der Waals surface area contributed by atoms with Gasteiger partial charge >= 0.3 is 0 Å². The zero-order valence-electron chi connectivity index (χ0n) is 20.5. The number of nitrogens with zero attached hydrogens (tertiary/aromatic N) is 2. The van der Waals surface area contributed by atoms with Crippen LogP contribution in [0.1, 0.15) is 38.3 Å². The van der Waals surface area contributed by atoms with Crippen LogP contribution in [-0.4, -0.2) is 50.5 Å². The summed E-state index contributed by atoms with van der Waals surface area (Å²) in [6.45, 7) is 2.47. The molecule has 0 radical (unpaired) electrons. The van der Waals surface area contributed by atoms with Crippen LogP contribution >= 0.6 is 11.6 Å². The third-order valence-electron chi connectivity index (χ3n) is 6.53. The van der Waals surface area contributed by atoms with Crippen molar-refractivity contribution in [1.82, 2.24) is 4.90 Å². The fourth-order valence-electron chi connectivity index (χ4n) is 4.50. The van der Waals surface area contributed by atoms with Gasteiger partial charge < -0.3 is 19.9 Å². The van der Waals surface area contributed by atoms with Crippen molar-refractivity contribution in [3.8, 4) is 5.75 Å². The Labute approximate surface area is 211 Å². The van der Waals surface area contributed by atoms with Gasteiger partial charge in [-0.2, -0.15) is 0 Å². The number of hydrogen-bond acceptors (Lipinski definition) is 4. The first-order valence-electron chi connectivity index (χ1n) is 11.6. The lowest BCUT2D eigenvalue weighted by molar-refractivity contribution is 0.0981. The molecule has 7 heteroatoms. The minimum absolute atomic E-state index is 0.151. The molecule has 0 bridgehead atoms. The Morgan fingerprint density at radius 2 is 1.83 bits per heavy atom. The maximum Gasteiger partial charge on any atom is 0.262 e. The van der Waals surface area contributed by atoms with Crippen LogP contribution < -0.4 is 15.0 Å². The minimum atomic E-state index is -0.211. The van der Waals surface area contributed by atoms with Gasteiger partial charge in [0.05, 0.1) is 12.7 Å². The SMILES string of the molecule is COc1cc(NC(=O)c2ccccc2C)ccc1C(=O)N1CCC(N(C)C)Cc2cc(Cl)ccc21. The highest BCUT2D eigenvalue weighted by molar-refractivity contribution is 6.30. The third-order valence-corrected chi connectivity index (χ3v) is 6.76. The molecular formula is C28H30ClN3O3. The van der Waals surface area contributed by atoms with Gasteiger partial charge in [0, 0.05) is 40.6 Å². The Balaban J connectivity index is 1.63. The van der Waals surface area contributed by atoms with Crippen LogP contribution in [0.4, 0.5) is 11.4 Å². The topological polar surface area (TPSA) is 61.9 Å². The van der Waals surface area contributed by atoms with E-state index in [1.165, 1.54) is 7.11 Å². The average Bonchev–Trinajstić information content (AvgIpc) is 3.03. The fourth-order valence-corrected chi connectivity index (χ4v) is 4.70. The lowest BCUT2D eigenvalue weighted by Gasteiger charge is -2.25. The van der Waals surface area contributed by atoms with E-state index in [0.29, 0.717) is 40.2 Å². The molecule has 35 heavy (non-hydrogen) atoms. The number of benzene rings is 3. The maximum atomic E-state index is 13.8. The van der Waals surface area contributed by atoms with E-state index in [1.807, 2.05) is 43.3 Å². The van der Waals surface area contributed by atoms with E-state index in [9.17, 15) is 9.59 Å². The van der Waals surface area contributed by atoms with Crippen molar-refractivity contribution in [1.29, 1.82) is 0 Å². The van der Waals surface area contributed by atoms with Gasteiger partial charge in [-0.15, -0.1) is 0 Å². The molecule has 4 rings (SSSR count). The number of likely N-dealkylation sites (N-methyl/N-ethyl adjacent to an activating group) is 1. The van der Waals surface area contributed by atoms with E-state index < -0.39 is 0 Å². The van der Waals surface area contributed by atoms with E-state index in [0.717, 1.165) is 29.7 Å². The van der Waals surface area contributed by atoms with Gasteiger partial charge in [0.25, 0.3) is 11.8 Å². The van der Waals surface area contributed by atoms with Crippen LogP contribution in [0.25, 0.3) is 0 Å². The standard InChI is InChI=1S/C28H30ClN3O3/c1-18-7-5-6-8-23(18)27(33)30-21-10-11-24(26(17-21)35-4)28(34)32-14-13-22(31(2)3)16-19-15-20(29)9-12-25(19)32/h5-12,15,17,22H,13-14,16H2,1-4H3,(H,30,33). The maximum absolute atomic E-state index is 13.8. The first kappa shape index (κ1) is 24.8. The molecule has 3 aromatic rings. The molecule has 6 nitrogen and oxygen atoms in total. The van der Waals surface area contributed by atoms with Crippen molar-refractivity contribution in [2.75, 3.05) is 38.0 Å². The molecule has 1 aliphatic heterocycles. The van der Waals surface area contributed by atoms with E-state index >= 15 is 0 Å². The summed E-state index contributed by atoms with van der Waals surface area (Å²) < 4.78 is 5.58. The number of nitrogens with one attached hydrogen (secondary N) is 1. The summed E-state index contributed by atoms with van der Waals surface area (Å²) in [5, 5.41) is 3.56. The van der Waals surface area contributed by atoms with Gasteiger partial charge in [-0.05, 0) is 81.4 Å². The molecule has 2 amide bonds. The van der Waals surface area contributed by atoms with Gasteiger partial charge in [0.1, 0.15) is 5.75 Å². The Bertz CT molecular complexity index is 1260. The number of anilines is 2.